The minimum atomic E-state index is 0.00478. The fraction of sp³-hybridized carbons (Fsp3) is 0.889. The number of hydrogen-bond donors (Lipinski definition) is 2. The van der Waals surface area contributed by atoms with E-state index in [1.807, 2.05) is 0 Å². The van der Waals surface area contributed by atoms with Crippen molar-refractivity contribution in [3.05, 3.63) is 0 Å². The average molecular weight is 186 g/mol. The molecule has 1 unspecified atom stereocenters. The number of amides is 1. The molecule has 1 atom stereocenters. The molecule has 1 fully saturated rings. The maximum absolute atomic E-state index is 10.9. The lowest BCUT2D eigenvalue weighted by Crippen LogP contribution is -2.50. The predicted molar refractivity (Wildman–Crippen MR) is 50.0 cm³/mol. The highest BCUT2D eigenvalue weighted by molar-refractivity contribution is 5.76. The molecule has 1 aliphatic heterocycles. The van der Waals surface area contributed by atoms with E-state index in [1.54, 1.807) is 0 Å². The van der Waals surface area contributed by atoms with Crippen molar-refractivity contribution in [1.29, 1.82) is 0 Å². The van der Waals surface area contributed by atoms with E-state index in [2.05, 4.69) is 31.6 Å². The molecule has 76 valence electrons. The largest absolute Gasteiger partial charge is 0.376 e. The summed E-state index contributed by atoms with van der Waals surface area (Å²) in [6.07, 6.45) is 0.483. The molecule has 1 rings (SSSR count). The Hall–Kier alpha value is -0.610. The van der Waals surface area contributed by atoms with Gasteiger partial charge >= 0.3 is 0 Å². The SMILES string of the molecule is CC(C)(C)COC1CNNC(=O)C1. The van der Waals surface area contributed by atoms with Crippen LogP contribution in [-0.2, 0) is 9.53 Å². The molecule has 0 aliphatic carbocycles. The average Bonchev–Trinajstić information content (AvgIpc) is 2.00. The smallest absolute Gasteiger partial charge is 0.236 e. The molecule has 1 amide bonds. The normalized spacial score (nSPS) is 24.2. The molecule has 1 aliphatic rings. The summed E-state index contributed by atoms with van der Waals surface area (Å²) in [6.45, 7) is 7.73. The quantitative estimate of drug-likeness (QED) is 0.658. The zero-order valence-electron chi connectivity index (χ0n) is 8.52. The third-order valence-electron chi connectivity index (χ3n) is 1.72. The summed E-state index contributed by atoms with van der Waals surface area (Å²) in [5.74, 6) is 0.00478. The molecule has 0 radical (unpaired) electrons. The van der Waals surface area contributed by atoms with Gasteiger partial charge in [-0.05, 0) is 5.41 Å². The zero-order chi connectivity index (χ0) is 9.90. The monoisotopic (exact) mass is 186 g/mol. The second kappa shape index (κ2) is 4.07. The molecule has 1 saturated heterocycles. The number of carbonyl (C=O) groups excluding carboxylic acids is 1. The number of hydrazine groups is 1. The summed E-state index contributed by atoms with van der Waals surface area (Å²) in [5.41, 5.74) is 5.50. The maximum atomic E-state index is 10.9. The highest BCUT2D eigenvalue weighted by atomic mass is 16.5. The van der Waals surface area contributed by atoms with Gasteiger partial charge in [0.15, 0.2) is 0 Å². The number of carbonyl (C=O) groups is 1. The second-order valence-electron chi connectivity index (χ2n) is 4.63. The molecular weight excluding hydrogens is 168 g/mol. The lowest BCUT2D eigenvalue weighted by atomic mass is 9.98. The van der Waals surface area contributed by atoms with E-state index in [0.717, 1.165) is 0 Å². The van der Waals surface area contributed by atoms with E-state index in [1.165, 1.54) is 0 Å². The van der Waals surface area contributed by atoms with Gasteiger partial charge in [-0.25, -0.2) is 5.43 Å². The van der Waals surface area contributed by atoms with Crippen LogP contribution in [0.2, 0.25) is 0 Å². The summed E-state index contributed by atoms with van der Waals surface area (Å²) >= 11 is 0. The molecule has 0 spiro atoms. The highest BCUT2D eigenvalue weighted by Crippen LogP contribution is 2.15. The van der Waals surface area contributed by atoms with Crippen molar-refractivity contribution >= 4 is 5.91 Å². The van der Waals surface area contributed by atoms with Crippen molar-refractivity contribution in [3.8, 4) is 0 Å². The number of rotatable bonds is 2. The molecule has 0 saturated carbocycles. The first-order valence-electron chi connectivity index (χ1n) is 4.61. The summed E-state index contributed by atoms with van der Waals surface area (Å²) in [5, 5.41) is 0. The van der Waals surface area contributed by atoms with Crippen LogP contribution in [0.5, 0.6) is 0 Å². The van der Waals surface area contributed by atoms with E-state index in [-0.39, 0.29) is 17.4 Å². The van der Waals surface area contributed by atoms with Crippen LogP contribution in [0.25, 0.3) is 0 Å². The minimum Gasteiger partial charge on any atom is -0.376 e. The van der Waals surface area contributed by atoms with Crippen LogP contribution in [0.15, 0.2) is 0 Å². The van der Waals surface area contributed by atoms with Crippen LogP contribution >= 0.6 is 0 Å². The lowest BCUT2D eigenvalue weighted by molar-refractivity contribution is -0.128. The summed E-state index contributed by atoms with van der Waals surface area (Å²) < 4.78 is 5.59. The van der Waals surface area contributed by atoms with Crippen LogP contribution in [0.3, 0.4) is 0 Å². The Balaban J connectivity index is 2.25. The van der Waals surface area contributed by atoms with E-state index in [9.17, 15) is 4.79 Å². The molecule has 0 bridgehead atoms. The van der Waals surface area contributed by atoms with Crippen molar-refractivity contribution in [3.63, 3.8) is 0 Å². The first-order chi connectivity index (χ1) is 5.97. The minimum absolute atomic E-state index is 0.00478. The topological polar surface area (TPSA) is 50.4 Å². The van der Waals surface area contributed by atoms with Gasteiger partial charge in [0.25, 0.3) is 0 Å². The molecular formula is C9H18N2O2. The highest BCUT2D eigenvalue weighted by Gasteiger charge is 2.21. The second-order valence-corrected chi connectivity index (χ2v) is 4.63. The molecule has 1 heterocycles. The van der Waals surface area contributed by atoms with Gasteiger partial charge < -0.3 is 4.74 Å². The summed E-state index contributed by atoms with van der Waals surface area (Å²) in [6, 6.07) is 0. The van der Waals surface area contributed by atoms with Crippen LogP contribution in [0.4, 0.5) is 0 Å². The zero-order valence-corrected chi connectivity index (χ0v) is 8.52. The number of ether oxygens (including phenoxy) is 1. The predicted octanol–water partition coefficient (Wildman–Crippen LogP) is 0.442. The van der Waals surface area contributed by atoms with E-state index >= 15 is 0 Å². The fourth-order valence-corrected chi connectivity index (χ4v) is 1.08. The van der Waals surface area contributed by atoms with Gasteiger partial charge in [-0.15, -0.1) is 0 Å². The third-order valence-corrected chi connectivity index (χ3v) is 1.72. The summed E-state index contributed by atoms with van der Waals surface area (Å²) in [4.78, 5) is 10.9. The molecule has 13 heavy (non-hydrogen) atoms. The summed E-state index contributed by atoms with van der Waals surface area (Å²) in [7, 11) is 0. The molecule has 4 heteroatoms. The maximum Gasteiger partial charge on any atom is 0.236 e. The Bertz CT molecular complexity index is 187. The molecule has 4 nitrogen and oxygen atoms in total. The Kier molecular flexibility index (Phi) is 3.27. The number of nitrogens with one attached hydrogen (secondary N) is 2. The Labute approximate surface area is 79.0 Å². The first kappa shape index (κ1) is 10.5. The van der Waals surface area contributed by atoms with Crippen molar-refractivity contribution in [2.75, 3.05) is 13.2 Å². The Morgan fingerprint density at radius 1 is 1.54 bits per heavy atom. The lowest BCUT2D eigenvalue weighted by Gasteiger charge is -2.27. The van der Waals surface area contributed by atoms with Crippen molar-refractivity contribution in [2.45, 2.75) is 33.3 Å². The van der Waals surface area contributed by atoms with E-state index in [4.69, 9.17) is 4.74 Å². The van der Waals surface area contributed by atoms with Crippen molar-refractivity contribution < 1.29 is 9.53 Å². The number of hydrogen-bond acceptors (Lipinski definition) is 3. The Morgan fingerprint density at radius 2 is 2.23 bits per heavy atom. The standard InChI is InChI=1S/C9H18N2O2/c1-9(2,3)6-13-7-4-8(12)11-10-5-7/h7,10H,4-6H2,1-3H3,(H,11,12). The fourth-order valence-electron chi connectivity index (χ4n) is 1.08. The van der Waals surface area contributed by atoms with Crippen molar-refractivity contribution in [1.82, 2.24) is 10.9 Å². The first-order valence-corrected chi connectivity index (χ1v) is 4.61. The van der Waals surface area contributed by atoms with Crippen LogP contribution in [0, 0.1) is 5.41 Å². The Morgan fingerprint density at radius 3 is 2.77 bits per heavy atom. The van der Waals surface area contributed by atoms with Gasteiger partial charge in [0, 0.05) is 6.54 Å². The van der Waals surface area contributed by atoms with Gasteiger partial charge in [-0.2, -0.15) is 0 Å². The van der Waals surface area contributed by atoms with Crippen LogP contribution < -0.4 is 10.9 Å². The molecule has 2 N–H and O–H groups in total. The van der Waals surface area contributed by atoms with E-state index in [0.29, 0.717) is 19.6 Å². The van der Waals surface area contributed by atoms with Gasteiger partial charge in [0.2, 0.25) is 5.91 Å². The molecule has 0 aromatic rings. The van der Waals surface area contributed by atoms with Gasteiger partial charge in [-0.1, -0.05) is 20.8 Å². The molecule has 0 aromatic heterocycles. The van der Waals surface area contributed by atoms with E-state index < -0.39 is 0 Å². The van der Waals surface area contributed by atoms with Crippen LogP contribution in [0.1, 0.15) is 27.2 Å². The molecule has 0 aromatic carbocycles. The van der Waals surface area contributed by atoms with Crippen LogP contribution in [-0.4, -0.2) is 25.2 Å². The van der Waals surface area contributed by atoms with Gasteiger partial charge in [0.05, 0.1) is 19.1 Å². The third kappa shape index (κ3) is 4.24. The van der Waals surface area contributed by atoms with Gasteiger partial charge in [-0.3, -0.25) is 10.2 Å². The van der Waals surface area contributed by atoms with Crippen molar-refractivity contribution in [2.24, 2.45) is 5.41 Å². The van der Waals surface area contributed by atoms with Gasteiger partial charge in [0.1, 0.15) is 0 Å².